The summed E-state index contributed by atoms with van der Waals surface area (Å²) >= 11 is 0. The molecule has 0 heterocycles. The van der Waals surface area contributed by atoms with E-state index in [2.05, 4.69) is 4.74 Å². The predicted octanol–water partition coefficient (Wildman–Crippen LogP) is 1.72. The first kappa shape index (κ1) is 22.3. The van der Waals surface area contributed by atoms with E-state index in [9.17, 15) is 27.9 Å². The number of benzene rings is 1. The lowest BCUT2D eigenvalue weighted by Gasteiger charge is -2.16. The molecule has 0 radical (unpaired) electrons. The summed E-state index contributed by atoms with van der Waals surface area (Å²) in [5.74, 6) is -4.01. The third kappa shape index (κ3) is 5.90. The number of carboxylic acids is 1. The summed E-state index contributed by atoms with van der Waals surface area (Å²) in [6.45, 7) is 6.11. The molecule has 0 amide bonds. The fourth-order valence-corrected chi connectivity index (χ4v) is 2.63. The molecule has 0 saturated carbocycles. The quantitative estimate of drug-likeness (QED) is 0.302. The fourth-order valence-electron chi connectivity index (χ4n) is 2.34. The van der Waals surface area contributed by atoms with Crippen molar-refractivity contribution in [2.24, 2.45) is 0 Å². The molecular formula is C17H20O9S. The Labute approximate surface area is 156 Å². The lowest BCUT2D eigenvalue weighted by atomic mass is 9.89. The van der Waals surface area contributed by atoms with E-state index in [1.165, 1.54) is 0 Å². The number of hydrogen-bond donors (Lipinski definition) is 2. The smallest absolute Gasteiger partial charge is 0.344 e. The van der Waals surface area contributed by atoms with Crippen LogP contribution in [0.25, 0.3) is 0 Å². The zero-order chi connectivity index (χ0) is 20.9. The van der Waals surface area contributed by atoms with Crippen LogP contribution in [0.5, 0.6) is 0 Å². The van der Waals surface area contributed by atoms with Gasteiger partial charge in [0.2, 0.25) is 0 Å². The first-order chi connectivity index (χ1) is 12.4. The first-order valence-corrected chi connectivity index (χ1v) is 9.30. The molecule has 2 N–H and O–H groups in total. The van der Waals surface area contributed by atoms with E-state index in [4.69, 9.17) is 9.29 Å². The zero-order valence-electron chi connectivity index (χ0n) is 15.2. The number of esters is 2. The van der Waals surface area contributed by atoms with E-state index >= 15 is 0 Å². The van der Waals surface area contributed by atoms with Gasteiger partial charge in [0.05, 0.1) is 17.2 Å². The van der Waals surface area contributed by atoms with E-state index in [0.29, 0.717) is 17.4 Å². The minimum absolute atomic E-state index is 0.118. The van der Waals surface area contributed by atoms with Gasteiger partial charge in [0, 0.05) is 0 Å². The van der Waals surface area contributed by atoms with Crippen molar-refractivity contribution in [3.8, 4) is 0 Å². The second kappa shape index (κ2) is 8.78. The van der Waals surface area contributed by atoms with Crippen LogP contribution in [0.15, 0.2) is 12.3 Å². The topological polar surface area (TPSA) is 144 Å². The van der Waals surface area contributed by atoms with Crippen LogP contribution >= 0.6 is 0 Å². The third-order valence-corrected chi connectivity index (χ3v) is 4.75. The van der Waals surface area contributed by atoms with Crippen LogP contribution in [-0.2, 0) is 24.4 Å². The maximum atomic E-state index is 12.3. The average molecular weight is 400 g/mol. The fraction of sp³-hybridized carbons (Fsp3) is 0.353. The molecule has 0 aliphatic rings. The summed E-state index contributed by atoms with van der Waals surface area (Å²) in [6, 6.07) is 0. The molecule has 1 rings (SSSR count). The van der Waals surface area contributed by atoms with Crippen molar-refractivity contribution in [3.05, 3.63) is 45.7 Å². The monoisotopic (exact) mass is 400 g/mol. The Morgan fingerprint density at radius 2 is 1.48 bits per heavy atom. The summed E-state index contributed by atoms with van der Waals surface area (Å²) in [6.07, 6.45) is 1.44. The highest BCUT2D eigenvalue weighted by Gasteiger charge is 2.25. The van der Waals surface area contributed by atoms with Gasteiger partial charge in [0.15, 0.2) is 0 Å². The minimum atomic E-state index is -4.26. The molecule has 1 aromatic rings. The molecule has 9 nitrogen and oxygen atoms in total. The average Bonchev–Trinajstić information content (AvgIpc) is 2.54. The highest BCUT2D eigenvalue weighted by Crippen LogP contribution is 2.27. The molecule has 148 valence electrons. The van der Waals surface area contributed by atoms with Crippen molar-refractivity contribution < 1.29 is 41.9 Å². The third-order valence-electron chi connectivity index (χ3n) is 4.07. The summed E-state index contributed by atoms with van der Waals surface area (Å²) < 4.78 is 38.8. The maximum Gasteiger partial charge on any atom is 0.344 e. The maximum absolute atomic E-state index is 12.3. The molecule has 0 aliphatic carbocycles. The Morgan fingerprint density at radius 1 is 0.963 bits per heavy atom. The molecule has 1 aromatic carbocycles. The summed E-state index contributed by atoms with van der Waals surface area (Å²) in [4.78, 5) is 35.3. The Hall–Kier alpha value is -2.72. The number of carbonyl (C=O) groups is 3. The zero-order valence-corrected chi connectivity index (χ0v) is 16.0. The van der Waals surface area contributed by atoms with Crippen LogP contribution in [0.3, 0.4) is 0 Å². The van der Waals surface area contributed by atoms with Gasteiger partial charge >= 0.3 is 17.9 Å². The number of carbonyl (C=O) groups excluding carboxylic acids is 2. The SMILES string of the molecule is Cc1c(C)c(C)c(C(=O)O/C=C/C(=O)OCCS(=O)(=O)O)c(C(=O)O)c1C. The second-order valence-corrected chi connectivity index (χ2v) is 7.29. The van der Waals surface area contributed by atoms with Gasteiger partial charge in [-0.15, -0.1) is 0 Å². The van der Waals surface area contributed by atoms with Crippen LogP contribution < -0.4 is 0 Å². The van der Waals surface area contributed by atoms with Gasteiger partial charge in [0.1, 0.15) is 18.6 Å². The highest BCUT2D eigenvalue weighted by molar-refractivity contribution is 7.85. The van der Waals surface area contributed by atoms with Crippen molar-refractivity contribution in [1.82, 2.24) is 0 Å². The van der Waals surface area contributed by atoms with E-state index in [1.807, 2.05) is 0 Å². The summed E-state index contributed by atoms with van der Waals surface area (Å²) in [5, 5.41) is 9.44. The molecule has 0 bridgehead atoms. The first-order valence-electron chi connectivity index (χ1n) is 7.70. The normalized spacial score (nSPS) is 11.4. The van der Waals surface area contributed by atoms with Crippen molar-refractivity contribution >= 4 is 28.0 Å². The molecule has 0 unspecified atom stereocenters. The second-order valence-electron chi connectivity index (χ2n) is 5.72. The molecule has 0 fully saturated rings. The largest absolute Gasteiger partial charge is 0.478 e. The van der Waals surface area contributed by atoms with Crippen molar-refractivity contribution in [2.75, 3.05) is 12.4 Å². The summed E-state index contributed by atoms with van der Waals surface area (Å²) in [7, 11) is -4.26. The van der Waals surface area contributed by atoms with Gasteiger partial charge in [-0.3, -0.25) is 4.55 Å². The molecule has 0 saturated heterocycles. The van der Waals surface area contributed by atoms with Gasteiger partial charge in [-0.1, -0.05) is 0 Å². The molecule has 0 atom stereocenters. The molecule has 10 heteroatoms. The molecule has 27 heavy (non-hydrogen) atoms. The molecule has 0 aromatic heterocycles. The highest BCUT2D eigenvalue weighted by atomic mass is 32.2. The number of rotatable bonds is 7. The predicted molar refractivity (Wildman–Crippen MR) is 94.3 cm³/mol. The Bertz CT molecular complexity index is 911. The van der Waals surface area contributed by atoms with Crippen LogP contribution in [-0.4, -0.2) is 48.3 Å². The van der Waals surface area contributed by atoms with Gasteiger partial charge in [0.25, 0.3) is 10.1 Å². The Morgan fingerprint density at radius 3 is 1.96 bits per heavy atom. The minimum Gasteiger partial charge on any atom is -0.478 e. The lowest BCUT2D eigenvalue weighted by Crippen LogP contribution is -2.16. The van der Waals surface area contributed by atoms with Crippen LogP contribution in [0.2, 0.25) is 0 Å². The van der Waals surface area contributed by atoms with E-state index in [0.717, 1.165) is 17.2 Å². The van der Waals surface area contributed by atoms with E-state index < -0.39 is 40.4 Å². The van der Waals surface area contributed by atoms with Crippen molar-refractivity contribution in [3.63, 3.8) is 0 Å². The van der Waals surface area contributed by atoms with Crippen molar-refractivity contribution in [1.29, 1.82) is 0 Å². The number of aromatic carboxylic acids is 1. The molecule has 0 spiro atoms. The molecule has 0 aliphatic heterocycles. The van der Waals surface area contributed by atoms with Crippen molar-refractivity contribution in [2.45, 2.75) is 27.7 Å². The van der Waals surface area contributed by atoms with Gasteiger partial charge < -0.3 is 14.6 Å². The standard InChI is InChI=1S/C17H20O9S/c1-9-10(2)12(4)15(14(11(9)3)16(19)20)17(21)26-6-5-13(18)25-7-8-27(22,23)24/h5-6H,7-8H2,1-4H3,(H,19,20)(H,22,23,24)/b6-5+. The summed E-state index contributed by atoms with van der Waals surface area (Å²) in [5.41, 5.74) is 2.09. The van der Waals surface area contributed by atoms with E-state index in [1.54, 1.807) is 27.7 Å². The van der Waals surface area contributed by atoms with Crippen LogP contribution in [0.1, 0.15) is 43.0 Å². The number of carboxylic acid groups (broad SMARTS) is 1. The Kier molecular flexibility index (Phi) is 7.26. The number of ether oxygens (including phenoxy) is 2. The Balaban J connectivity index is 2.95. The van der Waals surface area contributed by atoms with Gasteiger partial charge in [-0.2, -0.15) is 8.42 Å². The van der Waals surface area contributed by atoms with Gasteiger partial charge in [-0.05, 0) is 49.9 Å². The van der Waals surface area contributed by atoms with E-state index in [-0.39, 0.29) is 11.1 Å². The lowest BCUT2D eigenvalue weighted by molar-refractivity contribution is -0.137. The molecular weight excluding hydrogens is 380 g/mol. The van der Waals surface area contributed by atoms with Crippen LogP contribution in [0, 0.1) is 27.7 Å². The van der Waals surface area contributed by atoms with Gasteiger partial charge in [-0.25, -0.2) is 14.4 Å². The van der Waals surface area contributed by atoms with Crippen LogP contribution in [0.4, 0.5) is 0 Å². The number of hydrogen-bond acceptors (Lipinski definition) is 7.